The molecule has 6 heteroatoms. The lowest BCUT2D eigenvalue weighted by Crippen LogP contribution is -2.40. The van der Waals surface area contributed by atoms with Crippen LogP contribution in [0.3, 0.4) is 0 Å². The van der Waals surface area contributed by atoms with Crippen LogP contribution in [0.4, 0.5) is 0 Å². The summed E-state index contributed by atoms with van der Waals surface area (Å²) in [6.45, 7) is 5.38. The van der Waals surface area contributed by atoms with Gasteiger partial charge in [0.25, 0.3) is 0 Å². The van der Waals surface area contributed by atoms with Crippen LogP contribution in [-0.4, -0.2) is 48.7 Å². The molecular formula is C20H25NO4S. The average molecular weight is 375 g/mol. The number of thiophene rings is 1. The van der Waals surface area contributed by atoms with Crippen molar-refractivity contribution >= 4 is 17.1 Å². The Kier molecular flexibility index (Phi) is 5.96. The molecule has 1 aromatic heterocycles. The van der Waals surface area contributed by atoms with E-state index in [2.05, 4.69) is 23.3 Å². The van der Waals surface area contributed by atoms with E-state index in [-0.39, 0.29) is 12.4 Å². The molecule has 0 aliphatic carbocycles. The Balaban J connectivity index is 1.58. The van der Waals surface area contributed by atoms with Gasteiger partial charge in [0.05, 0.1) is 7.11 Å². The minimum atomic E-state index is -0.602. The number of methoxy groups -OCH3 is 1. The number of carbonyl (C=O) groups excluding carboxylic acids is 1. The van der Waals surface area contributed by atoms with E-state index in [4.69, 9.17) is 9.47 Å². The summed E-state index contributed by atoms with van der Waals surface area (Å²) in [5, 5.41) is 12.6. The molecule has 2 aromatic rings. The van der Waals surface area contributed by atoms with Crippen molar-refractivity contribution in [3.05, 3.63) is 45.6 Å². The lowest BCUT2D eigenvalue weighted by Gasteiger charge is -2.34. The second kappa shape index (κ2) is 8.20. The first-order valence-corrected chi connectivity index (χ1v) is 9.67. The Morgan fingerprint density at radius 3 is 2.92 bits per heavy atom. The molecule has 0 fully saturated rings. The third-order valence-corrected chi connectivity index (χ3v) is 5.85. The molecule has 0 amide bonds. The number of ketones is 1. The number of fused-ring (bicyclic) bond motifs is 1. The van der Waals surface area contributed by atoms with Crippen LogP contribution in [0, 0.1) is 0 Å². The molecule has 0 unspecified atom stereocenters. The van der Waals surface area contributed by atoms with Gasteiger partial charge >= 0.3 is 0 Å². The Labute approximate surface area is 158 Å². The van der Waals surface area contributed by atoms with E-state index in [0.29, 0.717) is 29.6 Å². The molecule has 1 aliphatic rings. The highest BCUT2D eigenvalue weighted by atomic mass is 32.1. The van der Waals surface area contributed by atoms with Gasteiger partial charge in [-0.25, -0.2) is 0 Å². The molecule has 26 heavy (non-hydrogen) atoms. The van der Waals surface area contributed by atoms with Crippen molar-refractivity contribution in [1.82, 2.24) is 4.90 Å². The molecule has 0 radical (unpaired) electrons. The number of β-amino-alcohol motifs (C(OH)–C–C–N with tert-alkyl or cyclic N) is 1. The summed E-state index contributed by atoms with van der Waals surface area (Å²) in [6, 6.07) is 7.57. The van der Waals surface area contributed by atoms with Gasteiger partial charge in [0.15, 0.2) is 17.3 Å². The van der Waals surface area contributed by atoms with Crippen molar-refractivity contribution in [2.75, 3.05) is 26.8 Å². The van der Waals surface area contributed by atoms with Crippen molar-refractivity contribution in [3.8, 4) is 11.5 Å². The number of ether oxygens (including phenoxy) is 2. The fourth-order valence-corrected chi connectivity index (χ4v) is 4.29. The molecule has 2 heterocycles. The lowest BCUT2D eigenvalue weighted by atomic mass is 10.0. The number of nitrogens with zero attached hydrogens (tertiary/aromatic N) is 1. The minimum absolute atomic E-state index is 0.0261. The Hall–Kier alpha value is -1.89. The lowest BCUT2D eigenvalue weighted by molar-refractivity contribution is 0.0514. The number of hydrogen-bond acceptors (Lipinski definition) is 6. The second-order valence-electron chi connectivity index (χ2n) is 6.61. The molecule has 2 atom stereocenters. The van der Waals surface area contributed by atoms with Gasteiger partial charge in [-0.3, -0.25) is 9.69 Å². The van der Waals surface area contributed by atoms with E-state index in [0.717, 1.165) is 13.0 Å². The second-order valence-corrected chi connectivity index (χ2v) is 7.61. The summed E-state index contributed by atoms with van der Waals surface area (Å²) >= 11 is 1.81. The number of aliphatic hydroxyl groups is 1. The zero-order valence-electron chi connectivity index (χ0n) is 15.4. The number of hydrogen-bond donors (Lipinski definition) is 1. The standard InChI is InChI=1S/C20H25NO4S/c1-13-17-7-9-26-20(17)6-8-21(13)11-16(23)12-25-18-5-4-15(14(2)22)10-19(18)24-3/h4-5,7,9-10,13,16,23H,6,8,11-12H2,1-3H3/t13-,16-/m0/s1. The molecule has 1 aliphatic heterocycles. The molecule has 0 saturated carbocycles. The van der Waals surface area contributed by atoms with Gasteiger partial charge in [-0.1, -0.05) is 0 Å². The number of benzene rings is 1. The Morgan fingerprint density at radius 1 is 1.38 bits per heavy atom. The van der Waals surface area contributed by atoms with Crippen molar-refractivity contribution < 1.29 is 19.4 Å². The van der Waals surface area contributed by atoms with E-state index in [9.17, 15) is 9.90 Å². The first-order chi connectivity index (χ1) is 12.5. The Morgan fingerprint density at radius 2 is 2.19 bits per heavy atom. The van der Waals surface area contributed by atoms with Gasteiger partial charge in [-0.15, -0.1) is 11.3 Å². The molecule has 5 nitrogen and oxygen atoms in total. The van der Waals surface area contributed by atoms with Crippen LogP contribution in [0.2, 0.25) is 0 Å². The molecule has 140 valence electrons. The highest BCUT2D eigenvalue weighted by Gasteiger charge is 2.26. The summed E-state index contributed by atoms with van der Waals surface area (Å²) < 4.78 is 11.0. The topological polar surface area (TPSA) is 59.0 Å². The van der Waals surface area contributed by atoms with Gasteiger partial charge in [0, 0.05) is 29.6 Å². The summed E-state index contributed by atoms with van der Waals surface area (Å²) in [6.07, 6.45) is 0.431. The van der Waals surface area contributed by atoms with Crippen molar-refractivity contribution in [2.45, 2.75) is 32.4 Å². The summed E-state index contributed by atoms with van der Waals surface area (Å²) in [5.41, 5.74) is 1.94. The van der Waals surface area contributed by atoms with Crippen molar-refractivity contribution in [1.29, 1.82) is 0 Å². The van der Waals surface area contributed by atoms with Gasteiger partial charge in [0.2, 0.25) is 0 Å². The first kappa shape index (κ1) is 18.9. The zero-order valence-corrected chi connectivity index (χ0v) is 16.2. The molecule has 1 aromatic carbocycles. The minimum Gasteiger partial charge on any atom is -0.493 e. The number of rotatable bonds is 7. The SMILES string of the molecule is COc1cc(C(C)=O)ccc1OC[C@@H](O)CN1CCc2sccc2[C@@H]1C. The van der Waals surface area contributed by atoms with E-state index < -0.39 is 6.10 Å². The predicted molar refractivity (Wildman–Crippen MR) is 103 cm³/mol. The summed E-state index contributed by atoms with van der Waals surface area (Å²) in [4.78, 5) is 15.2. The van der Waals surface area contributed by atoms with Crippen LogP contribution >= 0.6 is 11.3 Å². The fourth-order valence-electron chi connectivity index (χ4n) is 3.33. The highest BCUT2D eigenvalue weighted by molar-refractivity contribution is 7.10. The number of carbonyl (C=O) groups is 1. The molecular weight excluding hydrogens is 350 g/mol. The Bertz CT molecular complexity index is 773. The third kappa shape index (κ3) is 4.09. The van der Waals surface area contributed by atoms with E-state index in [1.807, 2.05) is 11.3 Å². The predicted octanol–water partition coefficient (Wildman–Crippen LogP) is 3.32. The van der Waals surface area contributed by atoms with E-state index in [1.54, 1.807) is 18.2 Å². The fraction of sp³-hybridized carbons (Fsp3) is 0.450. The first-order valence-electron chi connectivity index (χ1n) is 8.79. The largest absolute Gasteiger partial charge is 0.493 e. The highest BCUT2D eigenvalue weighted by Crippen LogP contribution is 2.33. The normalized spacial score (nSPS) is 18.2. The van der Waals surface area contributed by atoms with Crippen LogP contribution in [0.1, 0.15) is 40.7 Å². The van der Waals surface area contributed by atoms with Gasteiger partial charge < -0.3 is 14.6 Å². The molecule has 3 rings (SSSR count). The van der Waals surface area contributed by atoms with Crippen LogP contribution in [0.15, 0.2) is 29.6 Å². The maximum atomic E-state index is 11.5. The quantitative estimate of drug-likeness (QED) is 0.753. The zero-order chi connectivity index (χ0) is 18.7. The van der Waals surface area contributed by atoms with E-state index in [1.165, 1.54) is 24.5 Å². The van der Waals surface area contributed by atoms with Crippen molar-refractivity contribution in [3.63, 3.8) is 0 Å². The molecule has 0 spiro atoms. The maximum Gasteiger partial charge on any atom is 0.161 e. The monoisotopic (exact) mass is 375 g/mol. The van der Waals surface area contributed by atoms with Gasteiger partial charge in [-0.2, -0.15) is 0 Å². The van der Waals surface area contributed by atoms with Gasteiger partial charge in [0.1, 0.15) is 12.7 Å². The van der Waals surface area contributed by atoms with Crippen LogP contribution in [-0.2, 0) is 6.42 Å². The van der Waals surface area contributed by atoms with Crippen molar-refractivity contribution in [2.24, 2.45) is 0 Å². The summed E-state index contributed by atoms with van der Waals surface area (Å²) in [5.74, 6) is 1.00. The third-order valence-electron chi connectivity index (χ3n) is 4.85. The molecule has 0 saturated heterocycles. The molecule has 1 N–H and O–H groups in total. The molecule has 0 bridgehead atoms. The van der Waals surface area contributed by atoms with E-state index >= 15 is 0 Å². The van der Waals surface area contributed by atoms with Crippen LogP contribution in [0.25, 0.3) is 0 Å². The average Bonchev–Trinajstić information content (AvgIpc) is 3.11. The van der Waals surface area contributed by atoms with Gasteiger partial charge in [-0.05, 0) is 55.5 Å². The number of aliphatic hydroxyl groups excluding tert-OH is 1. The number of Topliss-reactive ketones (excluding diaryl/α,β-unsaturated/α-hetero) is 1. The van der Waals surface area contributed by atoms with Crippen LogP contribution < -0.4 is 9.47 Å². The smallest absolute Gasteiger partial charge is 0.161 e. The summed E-state index contributed by atoms with van der Waals surface area (Å²) in [7, 11) is 1.54. The van der Waals surface area contributed by atoms with Crippen LogP contribution in [0.5, 0.6) is 11.5 Å². The maximum absolute atomic E-state index is 11.5.